The number of hydrogen-bond acceptors (Lipinski definition) is 7. The lowest BCUT2D eigenvalue weighted by atomic mass is 10.2. The number of nitrogens with one attached hydrogen (secondary N) is 2. The Morgan fingerprint density at radius 2 is 2.35 bits per heavy atom. The summed E-state index contributed by atoms with van der Waals surface area (Å²) in [6, 6.07) is -0.312. The third-order valence-corrected chi connectivity index (χ3v) is 2.96. The first kappa shape index (κ1) is 11.6. The molecule has 0 fully saturated rings. The second-order valence-electron chi connectivity index (χ2n) is 3.37. The van der Waals surface area contributed by atoms with Gasteiger partial charge in [0, 0.05) is 0 Å². The van der Waals surface area contributed by atoms with Gasteiger partial charge < -0.3 is 5.32 Å². The summed E-state index contributed by atoms with van der Waals surface area (Å²) in [7, 11) is 0. The Labute approximate surface area is 101 Å². The van der Waals surface area contributed by atoms with Gasteiger partial charge in [-0.05, 0) is 24.9 Å². The highest BCUT2D eigenvalue weighted by atomic mass is 32.1. The predicted molar refractivity (Wildman–Crippen MR) is 59.3 cm³/mol. The van der Waals surface area contributed by atoms with Gasteiger partial charge in [0.1, 0.15) is 4.88 Å². The Hall–Kier alpha value is -1.90. The maximum Gasteiger partial charge on any atom is 0.265 e. The van der Waals surface area contributed by atoms with E-state index in [1.165, 1.54) is 0 Å². The zero-order valence-corrected chi connectivity index (χ0v) is 10.2. The van der Waals surface area contributed by atoms with E-state index in [1.807, 2.05) is 6.92 Å². The molecule has 0 aliphatic rings. The monoisotopic (exact) mass is 253 g/mol. The molecule has 2 heterocycles. The minimum atomic E-state index is -0.312. The Bertz CT molecular complexity index is 494. The number of carbonyl (C=O) groups is 1. The number of rotatable bonds is 4. The minimum Gasteiger partial charge on any atom is -0.341 e. The first-order valence-electron chi connectivity index (χ1n) is 5.07. The number of aryl methyl sites for hydroxylation is 1. The number of tetrazole rings is 1. The maximum absolute atomic E-state index is 11.9. The average Bonchev–Trinajstić information content (AvgIpc) is 2.99. The molecule has 0 aliphatic heterocycles. The quantitative estimate of drug-likeness (QED) is 0.800. The van der Waals surface area contributed by atoms with E-state index in [0.29, 0.717) is 22.8 Å². The smallest absolute Gasteiger partial charge is 0.265 e. The molecule has 2 aromatic rings. The highest BCUT2D eigenvalue weighted by Gasteiger charge is 2.19. The zero-order valence-electron chi connectivity index (χ0n) is 9.34. The number of H-pyrrole nitrogens is 1. The molecular weight excluding hydrogens is 242 g/mol. The lowest BCUT2D eigenvalue weighted by molar-refractivity contribution is 0.0941. The molecule has 0 radical (unpaired) electrons. The van der Waals surface area contributed by atoms with Crippen LogP contribution >= 0.6 is 11.5 Å². The Morgan fingerprint density at radius 1 is 1.53 bits per heavy atom. The van der Waals surface area contributed by atoms with Gasteiger partial charge in [-0.25, -0.2) is 0 Å². The molecule has 17 heavy (non-hydrogen) atoms. The summed E-state index contributed by atoms with van der Waals surface area (Å²) in [6.45, 7) is 3.71. The van der Waals surface area contributed by atoms with Gasteiger partial charge in [0.05, 0.1) is 11.7 Å². The lowest BCUT2D eigenvalue weighted by Gasteiger charge is -2.08. The van der Waals surface area contributed by atoms with Gasteiger partial charge >= 0.3 is 0 Å². The van der Waals surface area contributed by atoms with E-state index in [4.69, 9.17) is 0 Å². The summed E-state index contributed by atoms with van der Waals surface area (Å²) in [6.07, 6.45) is 0.676. The summed E-state index contributed by atoms with van der Waals surface area (Å²) in [5.41, 5.74) is 0.702. The molecule has 0 spiro atoms. The van der Waals surface area contributed by atoms with Gasteiger partial charge in [0.15, 0.2) is 5.82 Å². The van der Waals surface area contributed by atoms with Crippen molar-refractivity contribution in [3.63, 3.8) is 0 Å². The first-order chi connectivity index (χ1) is 8.22. The van der Waals surface area contributed by atoms with Gasteiger partial charge in [-0.1, -0.05) is 16.6 Å². The predicted octanol–water partition coefficient (Wildman–Crippen LogP) is 0.105. The number of carbonyl (C=O) groups excluding carboxylic acids is 1. The van der Waals surface area contributed by atoms with Crippen LogP contribution in [0.15, 0.2) is 0 Å². The molecule has 0 aromatic carbocycles. The van der Waals surface area contributed by atoms with E-state index in [2.05, 4.69) is 35.5 Å². The van der Waals surface area contributed by atoms with Gasteiger partial charge in [-0.15, -0.1) is 15.3 Å². The average molecular weight is 253 g/mol. The van der Waals surface area contributed by atoms with E-state index in [1.54, 1.807) is 6.92 Å². The highest BCUT2D eigenvalue weighted by Crippen LogP contribution is 2.13. The molecule has 0 aliphatic carbocycles. The maximum atomic E-state index is 11.9. The molecule has 0 saturated carbocycles. The van der Waals surface area contributed by atoms with Crippen LogP contribution in [0.5, 0.6) is 0 Å². The molecule has 0 saturated heterocycles. The number of aromatic nitrogens is 6. The van der Waals surface area contributed by atoms with Gasteiger partial charge in [-0.3, -0.25) is 4.79 Å². The fraction of sp³-hybridized carbons (Fsp3) is 0.500. The molecule has 1 atom stereocenters. The summed E-state index contributed by atoms with van der Waals surface area (Å²) in [4.78, 5) is 12.5. The molecule has 2 rings (SSSR count). The SMILES string of the molecule is CCc1nnsc1C(=O)NC(C)c1nn[nH]n1. The van der Waals surface area contributed by atoms with E-state index >= 15 is 0 Å². The summed E-state index contributed by atoms with van der Waals surface area (Å²) in [5.74, 6) is 0.225. The van der Waals surface area contributed by atoms with Gasteiger partial charge in [0.2, 0.25) is 0 Å². The van der Waals surface area contributed by atoms with Crippen molar-refractivity contribution in [1.82, 2.24) is 35.5 Å². The zero-order chi connectivity index (χ0) is 12.3. The first-order valence-corrected chi connectivity index (χ1v) is 5.85. The van der Waals surface area contributed by atoms with Gasteiger partial charge in [0.25, 0.3) is 5.91 Å². The van der Waals surface area contributed by atoms with Gasteiger partial charge in [-0.2, -0.15) is 5.21 Å². The second kappa shape index (κ2) is 4.95. The highest BCUT2D eigenvalue weighted by molar-refractivity contribution is 7.08. The van der Waals surface area contributed by atoms with Crippen molar-refractivity contribution in [3.05, 3.63) is 16.4 Å². The van der Waals surface area contributed by atoms with Crippen molar-refractivity contribution in [1.29, 1.82) is 0 Å². The van der Waals surface area contributed by atoms with Crippen LogP contribution < -0.4 is 5.32 Å². The fourth-order valence-electron chi connectivity index (χ4n) is 1.29. The van der Waals surface area contributed by atoms with Crippen LogP contribution in [0.3, 0.4) is 0 Å². The second-order valence-corrected chi connectivity index (χ2v) is 4.12. The molecule has 9 heteroatoms. The van der Waals surface area contributed by atoms with Crippen LogP contribution in [0.1, 0.15) is 41.1 Å². The van der Waals surface area contributed by atoms with E-state index in [0.717, 1.165) is 11.5 Å². The molecular formula is C8H11N7OS. The number of amides is 1. The molecule has 1 unspecified atom stereocenters. The van der Waals surface area contributed by atoms with Crippen LogP contribution in [0, 0.1) is 0 Å². The molecule has 2 N–H and O–H groups in total. The number of hydrogen-bond donors (Lipinski definition) is 2. The topological polar surface area (TPSA) is 109 Å². The molecule has 8 nitrogen and oxygen atoms in total. The molecule has 2 aromatic heterocycles. The lowest BCUT2D eigenvalue weighted by Crippen LogP contribution is -2.27. The number of nitrogens with zero attached hydrogens (tertiary/aromatic N) is 5. The van der Waals surface area contributed by atoms with Crippen molar-refractivity contribution >= 4 is 17.4 Å². The van der Waals surface area contributed by atoms with Crippen LogP contribution in [0.4, 0.5) is 0 Å². The van der Waals surface area contributed by atoms with Crippen LogP contribution in [0.2, 0.25) is 0 Å². The van der Waals surface area contributed by atoms with Crippen LogP contribution in [-0.4, -0.2) is 36.1 Å². The molecule has 90 valence electrons. The molecule has 0 bridgehead atoms. The summed E-state index contributed by atoms with van der Waals surface area (Å²) < 4.78 is 3.77. The summed E-state index contributed by atoms with van der Waals surface area (Å²) >= 11 is 1.08. The van der Waals surface area contributed by atoms with Crippen molar-refractivity contribution < 1.29 is 4.79 Å². The van der Waals surface area contributed by atoms with Crippen LogP contribution in [-0.2, 0) is 6.42 Å². The van der Waals surface area contributed by atoms with Crippen molar-refractivity contribution in [2.45, 2.75) is 26.3 Å². The molecule has 1 amide bonds. The Kier molecular flexibility index (Phi) is 3.38. The Morgan fingerprint density at radius 3 is 3.00 bits per heavy atom. The standard InChI is InChI=1S/C8H11N7OS/c1-3-5-6(17-15-10-5)8(16)9-4(2)7-11-13-14-12-7/h4H,3H2,1-2H3,(H,9,16)(H,11,12,13,14). The third kappa shape index (κ3) is 2.44. The minimum absolute atomic E-state index is 0.214. The van der Waals surface area contributed by atoms with E-state index in [-0.39, 0.29) is 11.9 Å². The van der Waals surface area contributed by atoms with E-state index in [9.17, 15) is 4.79 Å². The van der Waals surface area contributed by atoms with Crippen molar-refractivity contribution in [2.24, 2.45) is 0 Å². The normalized spacial score (nSPS) is 12.4. The largest absolute Gasteiger partial charge is 0.341 e. The van der Waals surface area contributed by atoms with Crippen molar-refractivity contribution in [3.8, 4) is 0 Å². The number of aromatic amines is 1. The summed E-state index contributed by atoms with van der Waals surface area (Å²) in [5, 5.41) is 20.0. The van der Waals surface area contributed by atoms with Crippen molar-refractivity contribution in [2.75, 3.05) is 0 Å². The van der Waals surface area contributed by atoms with E-state index < -0.39 is 0 Å². The third-order valence-electron chi connectivity index (χ3n) is 2.19. The van der Waals surface area contributed by atoms with Crippen LogP contribution in [0.25, 0.3) is 0 Å². The fourth-order valence-corrected chi connectivity index (χ4v) is 1.95. The Balaban J connectivity index is 2.07.